The summed E-state index contributed by atoms with van der Waals surface area (Å²) in [5.41, 5.74) is 0.902. The Bertz CT molecular complexity index is 1940. The highest BCUT2D eigenvalue weighted by atomic mass is 32.2. The molecule has 16 nitrogen and oxygen atoms in total. The van der Waals surface area contributed by atoms with E-state index in [-0.39, 0.29) is 63.0 Å². The molecule has 430 valence electrons. The summed E-state index contributed by atoms with van der Waals surface area (Å²) in [6.45, 7) is 36.8. The minimum absolute atomic E-state index is 0.0450. The van der Waals surface area contributed by atoms with Crippen molar-refractivity contribution in [2.45, 2.75) is 163 Å². The van der Waals surface area contributed by atoms with Crippen LogP contribution >= 0.6 is 0 Å². The highest BCUT2D eigenvalue weighted by Crippen LogP contribution is 2.18. The number of likely N-dealkylation sites (N-methyl/N-ethyl adjacent to an activating group) is 1. The first-order valence-electron chi connectivity index (χ1n) is 25.8. The second kappa shape index (κ2) is 37.2. The lowest BCUT2D eigenvalue weighted by molar-refractivity contribution is -0.138. The van der Waals surface area contributed by atoms with Crippen molar-refractivity contribution < 1.29 is 50.3 Å². The van der Waals surface area contributed by atoms with Crippen molar-refractivity contribution in [3.63, 3.8) is 0 Å². The first-order valence-corrected chi connectivity index (χ1v) is 29.7. The fourth-order valence-corrected chi connectivity index (χ4v) is 7.19. The van der Waals surface area contributed by atoms with Gasteiger partial charge in [0.25, 0.3) is 0 Å². The summed E-state index contributed by atoms with van der Waals surface area (Å²) in [5.74, 6) is 0.860. The predicted molar refractivity (Wildman–Crippen MR) is 302 cm³/mol. The van der Waals surface area contributed by atoms with E-state index in [1.807, 2.05) is 123 Å². The van der Waals surface area contributed by atoms with E-state index in [1.54, 1.807) is 26.0 Å². The van der Waals surface area contributed by atoms with Crippen molar-refractivity contribution in [2.24, 2.45) is 27.1 Å². The van der Waals surface area contributed by atoms with Crippen molar-refractivity contribution in [1.82, 2.24) is 25.8 Å². The average Bonchev–Trinajstić information content (AvgIpc) is 3.25. The number of carbonyl (C=O) groups excluding carboxylic acids is 5. The zero-order chi connectivity index (χ0) is 58.1. The van der Waals surface area contributed by atoms with Crippen LogP contribution in [0.1, 0.15) is 160 Å². The molecular weight excluding hydrogens is 971 g/mol. The number of hydrogen-bond acceptors (Lipinski definition) is 11. The van der Waals surface area contributed by atoms with Crippen LogP contribution in [0.4, 0.5) is 0 Å². The molecule has 0 fully saturated rings. The Morgan fingerprint density at radius 2 is 0.904 bits per heavy atom. The van der Waals surface area contributed by atoms with E-state index < -0.39 is 30.5 Å². The van der Waals surface area contributed by atoms with E-state index in [2.05, 4.69) is 47.1 Å². The average molecular weight is 1080 g/mol. The molecule has 0 unspecified atom stereocenters. The largest absolute Gasteiger partial charge is 0.385 e. The molecule has 0 saturated heterocycles. The van der Waals surface area contributed by atoms with Gasteiger partial charge >= 0.3 is 0 Å². The molecule has 73 heavy (non-hydrogen) atoms. The SMILES string of the molecule is CC(C)(C)C(=O)NCCCS(C)(=O)=O.CCS(=O)(=O)CCCNC(=O)C(C)(C)C.COCCCCN(C)C(=O)C(C)(C)C.COCCCCNC(=O)C(C)(C)C.Cc1cccc(CCN(C)C(=O)C(C)(C)C)c1. The number of aryl methyl sites for hydroxylation is 1. The van der Waals surface area contributed by atoms with Gasteiger partial charge in [-0.15, -0.1) is 0 Å². The molecule has 5 amide bonds. The van der Waals surface area contributed by atoms with Crippen LogP contribution in [0.2, 0.25) is 0 Å². The maximum absolute atomic E-state index is 12.0. The van der Waals surface area contributed by atoms with E-state index in [4.69, 9.17) is 9.47 Å². The van der Waals surface area contributed by atoms with Crippen molar-refractivity contribution in [3.05, 3.63) is 35.4 Å². The fourth-order valence-electron chi connectivity index (χ4n) is 5.65. The molecule has 1 rings (SSSR count). The summed E-state index contributed by atoms with van der Waals surface area (Å²) in [5, 5.41) is 8.29. The number of hydrogen-bond donors (Lipinski definition) is 3. The molecule has 0 aliphatic carbocycles. The van der Waals surface area contributed by atoms with Gasteiger partial charge < -0.3 is 35.2 Å². The van der Waals surface area contributed by atoms with Crippen LogP contribution in [0.25, 0.3) is 0 Å². The number of nitrogens with zero attached hydrogens (tertiary/aromatic N) is 2. The van der Waals surface area contributed by atoms with Crippen molar-refractivity contribution >= 4 is 49.2 Å². The van der Waals surface area contributed by atoms with Gasteiger partial charge in [0.1, 0.15) is 19.7 Å². The number of carbonyl (C=O) groups is 5. The number of rotatable bonds is 22. The molecule has 0 spiro atoms. The second-order valence-electron chi connectivity index (χ2n) is 23.7. The Labute approximate surface area is 446 Å². The molecule has 0 atom stereocenters. The predicted octanol–water partition coefficient (Wildman–Crippen LogP) is 8.09. The van der Waals surface area contributed by atoms with E-state index >= 15 is 0 Å². The lowest BCUT2D eigenvalue weighted by atomic mass is 9.95. The molecule has 1 aromatic carbocycles. The van der Waals surface area contributed by atoms with Gasteiger partial charge in [0, 0.05) is 113 Å². The molecule has 0 aromatic heterocycles. The Morgan fingerprint density at radius 1 is 0.534 bits per heavy atom. The first-order chi connectivity index (χ1) is 33.0. The molecule has 0 saturated carbocycles. The zero-order valence-corrected chi connectivity index (χ0v) is 51.7. The van der Waals surface area contributed by atoms with Gasteiger partial charge in [-0.05, 0) is 57.4 Å². The number of methoxy groups -OCH3 is 2. The van der Waals surface area contributed by atoms with E-state index in [0.29, 0.717) is 25.9 Å². The molecular formula is C55H107N5O11S2. The summed E-state index contributed by atoms with van der Waals surface area (Å²) in [7, 11) is 1.31. The standard InChI is InChI=1S/C15H23NO.C11H23NO2.C10H21NO3S.C10H21NO2.C9H19NO3S/c1-12-7-6-8-13(11-12)9-10-16(5)14(17)15(2,3)4;1-11(2,3)10(13)12(4)8-6-7-9-14-5;1-5-15(13,14)8-6-7-11-9(12)10(2,3)4;1-10(2,3)9(12)11-7-5-6-8-13-4;1-9(2,3)8(11)10-6-5-7-14(4,12)13/h6-8,11H,9-10H2,1-5H3;6-9H2,1-5H3;5-8H2,1-4H3,(H,11,12);5-8H2,1-4H3,(H,11,12);5-7H2,1-4H3,(H,10,11). The van der Waals surface area contributed by atoms with Crippen LogP contribution in [0.5, 0.6) is 0 Å². The number of unbranched alkanes of at least 4 members (excludes halogenated alkanes) is 2. The third-order valence-electron chi connectivity index (χ3n) is 10.3. The first kappa shape index (κ1) is 75.9. The summed E-state index contributed by atoms with van der Waals surface area (Å²) < 4.78 is 53.6. The third kappa shape index (κ3) is 45.5. The number of sulfone groups is 2. The monoisotopic (exact) mass is 1080 g/mol. The smallest absolute Gasteiger partial charge is 0.227 e. The van der Waals surface area contributed by atoms with Crippen LogP contribution in [-0.4, -0.2) is 154 Å². The molecule has 0 aliphatic heterocycles. The lowest BCUT2D eigenvalue weighted by Crippen LogP contribution is -2.37. The van der Waals surface area contributed by atoms with Gasteiger partial charge in [0.05, 0.1) is 11.5 Å². The molecule has 1 aromatic rings. The maximum Gasteiger partial charge on any atom is 0.227 e. The molecule has 0 radical (unpaired) electrons. The van der Waals surface area contributed by atoms with Crippen LogP contribution in [0, 0.1) is 34.0 Å². The van der Waals surface area contributed by atoms with Crippen LogP contribution in [-0.2, 0) is 59.5 Å². The van der Waals surface area contributed by atoms with E-state index in [1.165, 1.54) is 17.4 Å². The molecule has 3 N–H and O–H groups in total. The van der Waals surface area contributed by atoms with E-state index in [0.717, 1.165) is 65.0 Å². The van der Waals surface area contributed by atoms with Crippen molar-refractivity contribution in [1.29, 1.82) is 0 Å². The highest BCUT2D eigenvalue weighted by molar-refractivity contribution is 7.91. The molecule has 18 heteroatoms. The fraction of sp³-hybridized carbons (Fsp3) is 0.800. The summed E-state index contributed by atoms with van der Waals surface area (Å²) >= 11 is 0. The normalized spacial score (nSPS) is 11.9. The molecule has 0 aliphatic rings. The lowest BCUT2D eigenvalue weighted by Gasteiger charge is -2.26. The topological polar surface area (TPSA) is 215 Å². The zero-order valence-electron chi connectivity index (χ0n) is 50.0. The number of benzene rings is 1. The van der Waals surface area contributed by atoms with Crippen molar-refractivity contribution in [3.8, 4) is 0 Å². The van der Waals surface area contributed by atoms with Gasteiger partial charge in [-0.1, -0.05) is 141 Å². The Kier molecular flexibility index (Phi) is 38.7. The molecule has 0 heterocycles. The number of amides is 5. The Hall–Kier alpha value is -3.61. The van der Waals surface area contributed by atoms with Gasteiger partial charge in [-0.25, -0.2) is 16.8 Å². The molecule has 0 bridgehead atoms. The van der Waals surface area contributed by atoms with Gasteiger partial charge in [-0.3, -0.25) is 24.0 Å². The highest BCUT2D eigenvalue weighted by Gasteiger charge is 2.26. The van der Waals surface area contributed by atoms with Gasteiger partial charge in [0.2, 0.25) is 29.5 Å². The van der Waals surface area contributed by atoms with Crippen LogP contribution < -0.4 is 16.0 Å². The Morgan fingerprint density at radius 3 is 1.25 bits per heavy atom. The quantitative estimate of drug-likeness (QED) is 0.0944. The Balaban J connectivity index is -0.000000409. The summed E-state index contributed by atoms with van der Waals surface area (Å²) in [6, 6.07) is 8.45. The number of nitrogens with one attached hydrogen (secondary N) is 3. The van der Waals surface area contributed by atoms with Crippen LogP contribution in [0.3, 0.4) is 0 Å². The summed E-state index contributed by atoms with van der Waals surface area (Å²) in [6.07, 6.45) is 7.07. The minimum Gasteiger partial charge on any atom is -0.385 e. The van der Waals surface area contributed by atoms with Gasteiger partial charge in [0.15, 0.2) is 0 Å². The van der Waals surface area contributed by atoms with Crippen molar-refractivity contribution in [2.75, 3.05) is 97.8 Å². The summed E-state index contributed by atoms with van der Waals surface area (Å²) in [4.78, 5) is 61.4. The number of ether oxygens (including phenoxy) is 2. The minimum atomic E-state index is -2.91. The maximum atomic E-state index is 12.0. The van der Waals surface area contributed by atoms with Gasteiger partial charge in [-0.2, -0.15) is 0 Å². The van der Waals surface area contributed by atoms with E-state index in [9.17, 15) is 40.8 Å². The third-order valence-corrected chi connectivity index (χ3v) is 13.1. The second-order valence-corrected chi connectivity index (χ2v) is 28.4. The van der Waals surface area contributed by atoms with Crippen LogP contribution in [0.15, 0.2) is 24.3 Å².